The molecule has 0 saturated carbocycles. The zero-order chi connectivity index (χ0) is 11.8. The maximum Gasteiger partial charge on any atom is 0.0964 e. The molecule has 0 bridgehead atoms. The molecule has 0 atom stereocenters. The second-order valence-electron chi connectivity index (χ2n) is 3.96. The first kappa shape index (κ1) is 12.9. The minimum atomic E-state index is 0.189. The fraction of sp³-hybridized carbons (Fsp3) is 0.636. The molecule has 0 amide bonds. The average Bonchev–Trinajstić information content (AvgIpc) is 2.69. The van der Waals surface area contributed by atoms with Crippen molar-refractivity contribution in [3.63, 3.8) is 0 Å². The van der Waals surface area contributed by atoms with Gasteiger partial charge in [0.05, 0.1) is 5.69 Å². The zero-order valence-corrected chi connectivity index (χ0v) is 9.98. The van der Waals surface area contributed by atoms with Gasteiger partial charge < -0.3 is 10.4 Å². The standard InChI is InChI=1S/C11H20N4O/c1-10(2)4-5-12-8-11-9-15(14-13-11)6-3-7-16/h4,9,12,16H,3,5-8H2,1-2H3. The number of rotatable bonds is 7. The highest BCUT2D eigenvalue weighted by Crippen LogP contribution is 1.94. The number of allylic oxidation sites excluding steroid dienone is 1. The SMILES string of the molecule is CC(C)=CCNCc1cn(CCCO)nn1. The quantitative estimate of drug-likeness (QED) is 0.529. The van der Waals surface area contributed by atoms with E-state index in [1.165, 1.54) is 5.57 Å². The number of aliphatic hydroxyl groups is 1. The second-order valence-corrected chi connectivity index (χ2v) is 3.96. The molecule has 0 aliphatic heterocycles. The van der Waals surface area contributed by atoms with Crippen molar-refractivity contribution >= 4 is 0 Å². The largest absolute Gasteiger partial charge is 0.396 e. The highest BCUT2D eigenvalue weighted by molar-refractivity contribution is 4.96. The summed E-state index contributed by atoms with van der Waals surface area (Å²) in [6.45, 7) is 6.64. The lowest BCUT2D eigenvalue weighted by Gasteiger charge is -1.98. The molecule has 1 heterocycles. The number of nitrogens with zero attached hydrogens (tertiary/aromatic N) is 3. The summed E-state index contributed by atoms with van der Waals surface area (Å²) in [5.41, 5.74) is 2.24. The maximum absolute atomic E-state index is 8.68. The van der Waals surface area contributed by atoms with E-state index in [4.69, 9.17) is 5.11 Å². The first-order chi connectivity index (χ1) is 7.72. The number of aryl methyl sites for hydroxylation is 1. The van der Waals surface area contributed by atoms with Crippen molar-refractivity contribution < 1.29 is 5.11 Å². The molecule has 5 heteroatoms. The fourth-order valence-electron chi connectivity index (χ4n) is 1.24. The van der Waals surface area contributed by atoms with Gasteiger partial charge >= 0.3 is 0 Å². The number of aromatic nitrogens is 3. The number of hydrogen-bond donors (Lipinski definition) is 2. The van der Waals surface area contributed by atoms with Crippen LogP contribution in [0.3, 0.4) is 0 Å². The van der Waals surface area contributed by atoms with Gasteiger partial charge in [0.2, 0.25) is 0 Å². The molecular weight excluding hydrogens is 204 g/mol. The molecule has 0 aliphatic carbocycles. The molecule has 2 N–H and O–H groups in total. The summed E-state index contributed by atoms with van der Waals surface area (Å²) >= 11 is 0. The molecule has 0 unspecified atom stereocenters. The Morgan fingerprint density at radius 2 is 2.38 bits per heavy atom. The van der Waals surface area contributed by atoms with Crippen LogP contribution in [0, 0.1) is 0 Å². The highest BCUT2D eigenvalue weighted by atomic mass is 16.3. The Hall–Kier alpha value is -1.20. The van der Waals surface area contributed by atoms with Crippen molar-refractivity contribution in [3.8, 4) is 0 Å². The van der Waals surface area contributed by atoms with Crippen LogP contribution in [-0.2, 0) is 13.1 Å². The Kier molecular flexibility index (Phi) is 5.74. The molecule has 0 fully saturated rings. The molecular formula is C11H20N4O. The second kappa shape index (κ2) is 7.14. The summed E-state index contributed by atoms with van der Waals surface area (Å²) in [4.78, 5) is 0. The van der Waals surface area contributed by atoms with E-state index in [0.29, 0.717) is 6.42 Å². The normalized spacial score (nSPS) is 10.4. The van der Waals surface area contributed by atoms with E-state index >= 15 is 0 Å². The van der Waals surface area contributed by atoms with Crippen LogP contribution >= 0.6 is 0 Å². The summed E-state index contributed by atoms with van der Waals surface area (Å²) in [5.74, 6) is 0. The van der Waals surface area contributed by atoms with Gasteiger partial charge in [-0.25, -0.2) is 0 Å². The summed E-state index contributed by atoms with van der Waals surface area (Å²) < 4.78 is 1.76. The average molecular weight is 224 g/mol. The summed E-state index contributed by atoms with van der Waals surface area (Å²) in [7, 11) is 0. The van der Waals surface area contributed by atoms with E-state index in [1.54, 1.807) is 4.68 Å². The fourth-order valence-corrected chi connectivity index (χ4v) is 1.24. The Labute approximate surface area is 96.2 Å². The molecule has 0 aliphatic rings. The number of nitrogens with one attached hydrogen (secondary N) is 1. The van der Waals surface area contributed by atoms with Crippen LogP contribution in [0.5, 0.6) is 0 Å². The molecule has 0 spiro atoms. The van der Waals surface area contributed by atoms with Crippen LogP contribution in [-0.4, -0.2) is 33.3 Å². The zero-order valence-electron chi connectivity index (χ0n) is 9.98. The molecule has 90 valence electrons. The lowest BCUT2D eigenvalue weighted by atomic mass is 10.3. The molecule has 16 heavy (non-hydrogen) atoms. The summed E-state index contributed by atoms with van der Waals surface area (Å²) in [5, 5.41) is 19.9. The van der Waals surface area contributed by atoms with Gasteiger partial charge in [0, 0.05) is 32.4 Å². The minimum absolute atomic E-state index is 0.189. The molecule has 0 aromatic carbocycles. The van der Waals surface area contributed by atoms with Crippen molar-refractivity contribution in [1.29, 1.82) is 0 Å². The summed E-state index contributed by atoms with van der Waals surface area (Å²) in [6, 6.07) is 0. The van der Waals surface area contributed by atoms with Crippen molar-refractivity contribution in [1.82, 2.24) is 20.3 Å². The monoisotopic (exact) mass is 224 g/mol. The molecule has 0 radical (unpaired) electrons. The topological polar surface area (TPSA) is 63.0 Å². The van der Waals surface area contributed by atoms with Crippen molar-refractivity contribution in [2.24, 2.45) is 0 Å². The smallest absolute Gasteiger partial charge is 0.0964 e. The van der Waals surface area contributed by atoms with Crippen LogP contribution in [0.4, 0.5) is 0 Å². The van der Waals surface area contributed by atoms with Crippen LogP contribution in [0.25, 0.3) is 0 Å². The van der Waals surface area contributed by atoms with Crippen LogP contribution in [0.1, 0.15) is 26.0 Å². The van der Waals surface area contributed by atoms with Gasteiger partial charge in [-0.1, -0.05) is 16.9 Å². The molecule has 0 saturated heterocycles. The van der Waals surface area contributed by atoms with Crippen LogP contribution < -0.4 is 5.32 Å². The predicted octanol–water partition coefficient (Wildman–Crippen LogP) is 0.716. The highest BCUT2D eigenvalue weighted by Gasteiger charge is 1.99. The van der Waals surface area contributed by atoms with E-state index in [2.05, 4.69) is 35.6 Å². The first-order valence-electron chi connectivity index (χ1n) is 5.56. The third-order valence-corrected chi connectivity index (χ3v) is 2.09. The third kappa shape index (κ3) is 5.04. The van der Waals surface area contributed by atoms with Gasteiger partial charge in [0.1, 0.15) is 0 Å². The minimum Gasteiger partial charge on any atom is -0.396 e. The van der Waals surface area contributed by atoms with Gasteiger partial charge in [0.15, 0.2) is 0 Å². The van der Waals surface area contributed by atoms with Gasteiger partial charge in [-0.3, -0.25) is 4.68 Å². The van der Waals surface area contributed by atoms with E-state index in [1.807, 2.05) is 6.20 Å². The molecule has 5 nitrogen and oxygen atoms in total. The first-order valence-corrected chi connectivity index (χ1v) is 5.56. The Bertz CT molecular complexity index is 328. The lowest BCUT2D eigenvalue weighted by molar-refractivity contribution is 0.276. The van der Waals surface area contributed by atoms with Crippen molar-refractivity contribution in [3.05, 3.63) is 23.5 Å². The van der Waals surface area contributed by atoms with E-state index in [-0.39, 0.29) is 6.61 Å². The van der Waals surface area contributed by atoms with Crippen molar-refractivity contribution in [2.45, 2.75) is 33.4 Å². The number of aliphatic hydroxyl groups excluding tert-OH is 1. The van der Waals surface area contributed by atoms with Crippen LogP contribution in [0.2, 0.25) is 0 Å². The Balaban J connectivity index is 2.26. The van der Waals surface area contributed by atoms with Crippen molar-refractivity contribution in [2.75, 3.05) is 13.2 Å². The third-order valence-electron chi connectivity index (χ3n) is 2.09. The van der Waals surface area contributed by atoms with Crippen LogP contribution in [0.15, 0.2) is 17.8 Å². The molecule has 1 aromatic rings. The lowest BCUT2D eigenvalue weighted by Crippen LogP contribution is -2.13. The van der Waals surface area contributed by atoms with Gasteiger partial charge in [-0.15, -0.1) is 5.10 Å². The van der Waals surface area contributed by atoms with Gasteiger partial charge in [0.25, 0.3) is 0 Å². The van der Waals surface area contributed by atoms with E-state index in [0.717, 1.165) is 25.3 Å². The maximum atomic E-state index is 8.68. The number of hydrogen-bond acceptors (Lipinski definition) is 4. The van der Waals surface area contributed by atoms with Gasteiger partial charge in [-0.2, -0.15) is 0 Å². The molecule has 1 rings (SSSR count). The van der Waals surface area contributed by atoms with Gasteiger partial charge in [-0.05, 0) is 20.3 Å². The van der Waals surface area contributed by atoms with E-state index in [9.17, 15) is 0 Å². The Morgan fingerprint density at radius 1 is 1.56 bits per heavy atom. The van der Waals surface area contributed by atoms with E-state index < -0.39 is 0 Å². The molecule has 1 aromatic heterocycles. The summed E-state index contributed by atoms with van der Waals surface area (Å²) in [6.07, 6.45) is 4.76. The Morgan fingerprint density at radius 3 is 3.06 bits per heavy atom. The predicted molar refractivity (Wildman–Crippen MR) is 62.9 cm³/mol.